The molecule has 1 heterocycles. The molecule has 8 heteroatoms. The van der Waals surface area contributed by atoms with E-state index in [-0.39, 0.29) is 4.90 Å². The zero-order chi connectivity index (χ0) is 20.1. The van der Waals surface area contributed by atoms with Gasteiger partial charge in [0, 0.05) is 44.4 Å². The van der Waals surface area contributed by atoms with Crippen LogP contribution < -0.4 is 14.2 Å². The average Bonchev–Trinajstić information content (AvgIpc) is 2.74. The van der Waals surface area contributed by atoms with Gasteiger partial charge in [0.15, 0.2) is 0 Å². The molecule has 1 aliphatic rings. The van der Waals surface area contributed by atoms with Gasteiger partial charge in [-0.05, 0) is 18.2 Å². The lowest BCUT2D eigenvalue weighted by Gasteiger charge is -2.34. The summed E-state index contributed by atoms with van der Waals surface area (Å²) in [6.07, 6.45) is 0. The lowest BCUT2D eigenvalue weighted by molar-refractivity contribution is 0.179. The first-order valence-electron chi connectivity index (χ1n) is 9.06. The standard InChI is InChI=1S/C20H26N2O5S/c1-25-17-8-9-19(27-3)20(14-17)28(23,24)22-12-10-21(11-13-22)15-16-6-4-5-7-18(16)26-2/h4-9,14H,10-13,15H2,1-3H3. The molecule has 2 aromatic rings. The summed E-state index contributed by atoms with van der Waals surface area (Å²) in [6.45, 7) is 2.84. The Bertz CT molecular complexity index is 909. The molecule has 0 unspecified atom stereocenters. The highest BCUT2D eigenvalue weighted by Crippen LogP contribution is 2.31. The van der Waals surface area contributed by atoms with Crippen molar-refractivity contribution in [3.05, 3.63) is 48.0 Å². The molecule has 0 saturated carbocycles. The smallest absolute Gasteiger partial charge is 0.246 e. The SMILES string of the molecule is COc1ccc(OC)c(S(=O)(=O)N2CCN(Cc3ccccc3OC)CC2)c1. The van der Waals surface area contributed by atoms with Gasteiger partial charge in [0.2, 0.25) is 10.0 Å². The molecular weight excluding hydrogens is 380 g/mol. The van der Waals surface area contributed by atoms with Crippen LogP contribution in [0.4, 0.5) is 0 Å². The number of benzene rings is 2. The highest BCUT2D eigenvalue weighted by molar-refractivity contribution is 7.89. The van der Waals surface area contributed by atoms with E-state index in [1.807, 2.05) is 24.3 Å². The van der Waals surface area contributed by atoms with Crippen LogP contribution in [-0.4, -0.2) is 65.1 Å². The van der Waals surface area contributed by atoms with Crippen molar-refractivity contribution in [1.82, 2.24) is 9.21 Å². The summed E-state index contributed by atoms with van der Waals surface area (Å²) < 4.78 is 43.7. The summed E-state index contributed by atoms with van der Waals surface area (Å²) in [5.74, 6) is 1.64. The zero-order valence-electron chi connectivity index (χ0n) is 16.4. The van der Waals surface area contributed by atoms with Crippen molar-refractivity contribution in [2.24, 2.45) is 0 Å². The van der Waals surface area contributed by atoms with Crippen LogP contribution in [-0.2, 0) is 16.6 Å². The second-order valence-electron chi connectivity index (χ2n) is 6.51. The Labute approximate surface area is 166 Å². The Morgan fingerprint density at radius 2 is 1.54 bits per heavy atom. The highest BCUT2D eigenvalue weighted by Gasteiger charge is 2.31. The lowest BCUT2D eigenvalue weighted by atomic mass is 10.2. The molecule has 3 rings (SSSR count). The fourth-order valence-corrected chi connectivity index (χ4v) is 4.92. The van der Waals surface area contributed by atoms with Crippen LogP contribution in [0.25, 0.3) is 0 Å². The molecule has 0 bridgehead atoms. The third-order valence-corrected chi connectivity index (χ3v) is 6.83. The molecule has 0 aliphatic carbocycles. The van der Waals surface area contributed by atoms with Crippen LogP contribution in [0.5, 0.6) is 17.2 Å². The maximum absolute atomic E-state index is 13.2. The van der Waals surface area contributed by atoms with Crippen molar-refractivity contribution in [2.75, 3.05) is 47.5 Å². The first-order valence-corrected chi connectivity index (χ1v) is 10.5. The summed E-state index contributed by atoms with van der Waals surface area (Å²) >= 11 is 0. The highest BCUT2D eigenvalue weighted by atomic mass is 32.2. The second-order valence-corrected chi connectivity index (χ2v) is 8.42. The van der Waals surface area contributed by atoms with Gasteiger partial charge in [0.05, 0.1) is 21.3 Å². The van der Waals surface area contributed by atoms with E-state index in [9.17, 15) is 8.42 Å². The summed E-state index contributed by atoms with van der Waals surface area (Å²) in [4.78, 5) is 2.36. The Morgan fingerprint density at radius 1 is 0.857 bits per heavy atom. The minimum absolute atomic E-state index is 0.132. The van der Waals surface area contributed by atoms with E-state index in [4.69, 9.17) is 14.2 Å². The molecular formula is C20H26N2O5S. The van der Waals surface area contributed by atoms with Gasteiger partial charge in [-0.2, -0.15) is 4.31 Å². The Kier molecular flexibility index (Phi) is 6.43. The first-order chi connectivity index (χ1) is 13.5. The number of methoxy groups -OCH3 is 3. The van der Waals surface area contributed by atoms with Crippen molar-refractivity contribution < 1.29 is 22.6 Å². The van der Waals surface area contributed by atoms with Crippen molar-refractivity contribution in [1.29, 1.82) is 0 Å². The number of sulfonamides is 1. The Morgan fingerprint density at radius 3 is 2.18 bits per heavy atom. The van der Waals surface area contributed by atoms with Crippen LogP contribution in [0.2, 0.25) is 0 Å². The molecule has 1 aliphatic heterocycles. The number of nitrogens with zero attached hydrogens (tertiary/aromatic N) is 2. The third-order valence-electron chi connectivity index (χ3n) is 4.91. The van der Waals surface area contributed by atoms with Crippen LogP contribution in [0, 0.1) is 0 Å². The largest absolute Gasteiger partial charge is 0.497 e. The van der Waals surface area contributed by atoms with E-state index in [1.54, 1.807) is 19.2 Å². The van der Waals surface area contributed by atoms with E-state index < -0.39 is 10.0 Å². The van der Waals surface area contributed by atoms with Gasteiger partial charge >= 0.3 is 0 Å². The van der Waals surface area contributed by atoms with E-state index in [0.717, 1.165) is 17.9 Å². The molecule has 7 nitrogen and oxygen atoms in total. The maximum Gasteiger partial charge on any atom is 0.246 e. The topological polar surface area (TPSA) is 68.3 Å². The molecule has 0 atom stereocenters. The molecule has 1 saturated heterocycles. The van der Waals surface area contributed by atoms with Gasteiger partial charge in [-0.25, -0.2) is 8.42 Å². The van der Waals surface area contributed by atoms with Gasteiger partial charge in [0.25, 0.3) is 0 Å². The molecule has 0 N–H and O–H groups in total. The molecule has 0 radical (unpaired) electrons. The number of hydrogen-bond acceptors (Lipinski definition) is 6. The van der Waals surface area contributed by atoms with Gasteiger partial charge < -0.3 is 14.2 Å². The fourth-order valence-electron chi connectivity index (χ4n) is 3.33. The summed E-state index contributed by atoms with van der Waals surface area (Å²) in [7, 11) is 0.961. The lowest BCUT2D eigenvalue weighted by Crippen LogP contribution is -2.48. The van der Waals surface area contributed by atoms with E-state index >= 15 is 0 Å². The summed E-state index contributed by atoms with van der Waals surface area (Å²) in [6, 6.07) is 12.7. The third kappa shape index (κ3) is 4.24. The van der Waals surface area contributed by atoms with Gasteiger partial charge in [-0.15, -0.1) is 0 Å². The van der Waals surface area contributed by atoms with Crippen LogP contribution in [0.3, 0.4) is 0 Å². The van der Waals surface area contributed by atoms with Crippen molar-refractivity contribution in [3.8, 4) is 17.2 Å². The van der Waals surface area contributed by atoms with Crippen LogP contribution >= 0.6 is 0 Å². The minimum Gasteiger partial charge on any atom is -0.497 e. The number of ether oxygens (including phenoxy) is 3. The predicted molar refractivity (Wildman–Crippen MR) is 107 cm³/mol. The molecule has 28 heavy (non-hydrogen) atoms. The van der Waals surface area contributed by atoms with Crippen LogP contribution in [0.15, 0.2) is 47.4 Å². The predicted octanol–water partition coefficient (Wildman–Crippen LogP) is 2.22. The molecule has 1 fully saturated rings. The quantitative estimate of drug-likeness (QED) is 0.702. The average molecular weight is 407 g/mol. The number of hydrogen-bond donors (Lipinski definition) is 0. The molecule has 152 valence electrons. The molecule has 0 spiro atoms. The van der Waals surface area contributed by atoms with Crippen molar-refractivity contribution in [3.63, 3.8) is 0 Å². The van der Waals surface area contributed by atoms with Crippen molar-refractivity contribution in [2.45, 2.75) is 11.4 Å². The maximum atomic E-state index is 13.2. The molecule has 0 amide bonds. The monoisotopic (exact) mass is 406 g/mol. The van der Waals surface area contributed by atoms with Gasteiger partial charge in [0.1, 0.15) is 22.1 Å². The van der Waals surface area contributed by atoms with E-state index in [2.05, 4.69) is 4.90 Å². The normalized spacial score (nSPS) is 16.0. The number of rotatable bonds is 7. The first kappa shape index (κ1) is 20.4. The fraction of sp³-hybridized carbons (Fsp3) is 0.400. The van der Waals surface area contributed by atoms with Gasteiger partial charge in [-0.1, -0.05) is 18.2 Å². The number of piperazine rings is 1. The minimum atomic E-state index is -3.67. The van der Waals surface area contributed by atoms with E-state index in [0.29, 0.717) is 37.7 Å². The van der Waals surface area contributed by atoms with Crippen molar-refractivity contribution >= 4 is 10.0 Å². The number of para-hydroxylation sites is 1. The van der Waals surface area contributed by atoms with E-state index in [1.165, 1.54) is 24.6 Å². The Balaban J connectivity index is 1.72. The summed E-state index contributed by atoms with van der Waals surface area (Å²) in [5, 5.41) is 0. The molecule has 2 aromatic carbocycles. The molecule has 0 aromatic heterocycles. The Hall–Kier alpha value is -2.29. The second kappa shape index (κ2) is 8.81. The van der Waals surface area contributed by atoms with Gasteiger partial charge in [-0.3, -0.25) is 4.90 Å². The zero-order valence-corrected chi connectivity index (χ0v) is 17.2. The van der Waals surface area contributed by atoms with Crippen LogP contribution in [0.1, 0.15) is 5.56 Å². The summed E-state index contributed by atoms with van der Waals surface area (Å²) in [5.41, 5.74) is 1.09.